The maximum absolute atomic E-state index is 13.5. The van der Waals surface area contributed by atoms with Crippen molar-refractivity contribution < 1.29 is 13.6 Å². The minimum atomic E-state index is -0.793. The van der Waals surface area contributed by atoms with Crippen molar-refractivity contribution in [3.8, 4) is 0 Å². The third-order valence-corrected chi connectivity index (χ3v) is 3.89. The van der Waals surface area contributed by atoms with Gasteiger partial charge in [-0.3, -0.25) is 4.79 Å². The van der Waals surface area contributed by atoms with Gasteiger partial charge in [-0.1, -0.05) is 0 Å². The van der Waals surface area contributed by atoms with Crippen LogP contribution in [0.2, 0.25) is 0 Å². The van der Waals surface area contributed by atoms with Crippen molar-refractivity contribution in [2.24, 2.45) is 0 Å². The van der Waals surface area contributed by atoms with E-state index in [0.29, 0.717) is 12.3 Å². The molecular formula is C17H17FN2O2. The molecule has 22 heavy (non-hydrogen) atoms. The normalized spacial score (nSPS) is 11.8. The molecule has 3 aromatic rings. The standard InChI is InChI=1S/C17H17FN2O2/c1-17(2,16(21)20-9-12-4-3-7-22-12)14-10-19-15-6-5-11(18)8-13(14)15/h3-8,10,19H,9H2,1-2H3,(H,20,21). The van der Waals surface area contributed by atoms with Crippen LogP contribution in [0.5, 0.6) is 0 Å². The third-order valence-electron chi connectivity index (χ3n) is 3.89. The first kappa shape index (κ1) is 14.4. The van der Waals surface area contributed by atoms with Gasteiger partial charge in [-0.2, -0.15) is 0 Å². The van der Waals surface area contributed by atoms with E-state index in [1.54, 1.807) is 30.7 Å². The fourth-order valence-electron chi connectivity index (χ4n) is 2.53. The van der Waals surface area contributed by atoms with Gasteiger partial charge in [0.25, 0.3) is 0 Å². The molecule has 0 bridgehead atoms. The van der Waals surface area contributed by atoms with Crippen molar-refractivity contribution in [2.45, 2.75) is 25.8 Å². The molecule has 3 rings (SSSR count). The lowest BCUT2D eigenvalue weighted by Gasteiger charge is -2.23. The number of aromatic nitrogens is 1. The summed E-state index contributed by atoms with van der Waals surface area (Å²) in [5.74, 6) is 0.225. The molecule has 0 aliphatic rings. The summed E-state index contributed by atoms with van der Waals surface area (Å²) in [6.07, 6.45) is 3.33. The Morgan fingerprint density at radius 2 is 2.18 bits per heavy atom. The zero-order valence-electron chi connectivity index (χ0n) is 12.4. The zero-order chi connectivity index (χ0) is 15.7. The highest BCUT2D eigenvalue weighted by Gasteiger charge is 2.32. The van der Waals surface area contributed by atoms with Crippen LogP contribution in [0.1, 0.15) is 25.2 Å². The average molecular weight is 300 g/mol. The summed E-state index contributed by atoms with van der Waals surface area (Å²) in [5.41, 5.74) is 0.779. The van der Waals surface area contributed by atoms with Crippen molar-refractivity contribution in [2.75, 3.05) is 0 Å². The second-order valence-electron chi connectivity index (χ2n) is 5.78. The van der Waals surface area contributed by atoms with Crippen molar-refractivity contribution in [1.82, 2.24) is 10.3 Å². The molecule has 1 amide bonds. The molecule has 5 heteroatoms. The number of halogens is 1. The molecule has 0 radical (unpaired) electrons. The van der Waals surface area contributed by atoms with Crippen molar-refractivity contribution in [1.29, 1.82) is 0 Å². The molecule has 0 saturated carbocycles. The third kappa shape index (κ3) is 2.50. The Labute approximate surface area is 127 Å². The molecule has 0 aliphatic heterocycles. The van der Waals surface area contributed by atoms with E-state index < -0.39 is 5.41 Å². The molecule has 0 spiro atoms. The second kappa shape index (κ2) is 5.33. The Balaban J connectivity index is 1.86. The lowest BCUT2D eigenvalue weighted by molar-refractivity contribution is -0.125. The Bertz CT molecular complexity index is 803. The number of rotatable bonds is 4. The van der Waals surface area contributed by atoms with Gasteiger partial charge in [0.1, 0.15) is 11.6 Å². The lowest BCUT2D eigenvalue weighted by Crippen LogP contribution is -2.39. The van der Waals surface area contributed by atoms with E-state index >= 15 is 0 Å². The highest BCUT2D eigenvalue weighted by Crippen LogP contribution is 2.31. The molecule has 0 atom stereocenters. The molecule has 114 valence electrons. The highest BCUT2D eigenvalue weighted by atomic mass is 19.1. The van der Waals surface area contributed by atoms with Gasteiger partial charge in [0.15, 0.2) is 0 Å². The van der Waals surface area contributed by atoms with Crippen LogP contribution in [0.3, 0.4) is 0 Å². The number of carbonyl (C=O) groups excluding carboxylic acids is 1. The minimum Gasteiger partial charge on any atom is -0.467 e. The number of carbonyl (C=O) groups is 1. The predicted octanol–water partition coefficient (Wildman–Crippen LogP) is 3.49. The smallest absolute Gasteiger partial charge is 0.230 e. The Hall–Kier alpha value is -2.56. The van der Waals surface area contributed by atoms with E-state index in [0.717, 1.165) is 16.5 Å². The van der Waals surface area contributed by atoms with Crippen LogP contribution in [0.25, 0.3) is 10.9 Å². The van der Waals surface area contributed by atoms with Crippen LogP contribution in [-0.4, -0.2) is 10.9 Å². The largest absolute Gasteiger partial charge is 0.467 e. The number of nitrogens with one attached hydrogen (secondary N) is 2. The first-order chi connectivity index (χ1) is 10.5. The first-order valence-corrected chi connectivity index (χ1v) is 7.06. The van der Waals surface area contributed by atoms with Crippen LogP contribution >= 0.6 is 0 Å². The second-order valence-corrected chi connectivity index (χ2v) is 5.78. The van der Waals surface area contributed by atoms with E-state index in [1.165, 1.54) is 12.1 Å². The predicted molar refractivity (Wildman–Crippen MR) is 81.8 cm³/mol. The number of hydrogen-bond acceptors (Lipinski definition) is 2. The summed E-state index contributed by atoms with van der Waals surface area (Å²) < 4.78 is 18.7. The van der Waals surface area contributed by atoms with Crippen LogP contribution in [0.4, 0.5) is 4.39 Å². The monoisotopic (exact) mass is 300 g/mol. The minimum absolute atomic E-state index is 0.144. The van der Waals surface area contributed by atoms with Crippen LogP contribution in [0, 0.1) is 5.82 Å². The number of hydrogen-bond donors (Lipinski definition) is 2. The van der Waals surface area contributed by atoms with E-state index in [2.05, 4.69) is 10.3 Å². The molecular weight excluding hydrogens is 283 g/mol. The lowest BCUT2D eigenvalue weighted by atomic mass is 9.83. The van der Waals surface area contributed by atoms with Crippen LogP contribution in [0.15, 0.2) is 47.2 Å². The molecule has 2 heterocycles. The van der Waals surface area contributed by atoms with Crippen LogP contribution in [-0.2, 0) is 16.8 Å². The number of fused-ring (bicyclic) bond motifs is 1. The van der Waals surface area contributed by atoms with Gasteiger partial charge in [0.2, 0.25) is 5.91 Å². The number of aromatic amines is 1. The summed E-state index contributed by atoms with van der Waals surface area (Å²) in [5, 5.41) is 3.57. The first-order valence-electron chi connectivity index (χ1n) is 7.06. The van der Waals surface area contributed by atoms with Crippen molar-refractivity contribution in [3.63, 3.8) is 0 Å². The summed E-state index contributed by atoms with van der Waals surface area (Å²) in [6.45, 7) is 3.96. The van der Waals surface area contributed by atoms with Gasteiger partial charge in [-0.25, -0.2) is 4.39 Å². The van der Waals surface area contributed by atoms with Gasteiger partial charge >= 0.3 is 0 Å². The highest BCUT2D eigenvalue weighted by molar-refractivity contribution is 5.94. The molecule has 2 N–H and O–H groups in total. The van der Waals surface area contributed by atoms with Gasteiger partial charge < -0.3 is 14.7 Å². The molecule has 0 fully saturated rings. The molecule has 0 aliphatic carbocycles. The maximum Gasteiger partial charge on any atom is 0.230 e. The van der Waals surface area contributed by atoms with Crippen LogP contribution < -0.4 is 5.32 Å². The van der Waals surface area contributed by atoms with Gasteiger partial charge in [-0.05, 0) is 49.7 Å². The summed E-state index contributed by atoms with van der Waals surface area (Å²) >= 11 is 0. The molecule has 0 saturated heterocycles. The number of benzene rings is 1. The summed E-state index contributed by atoms with van der Waals surface area (Å²) in [4.78, 5) is 15.6. The number of H-pyrrole nitrogens is 1. The molecule has 0 unspecified atom stereocenters. The SMILES string of the molecule is CC(C)(C(=O)NCc1ccco1)c1c[nH]c2ccc(F)cc12. The zero-order valence-corrected chi connectivity index (χ0v) is 12.4. The maximum atomic E-state index is 13.5. The fraction of sp³-hybridized carbons (Fsp3) is 0.235. The van der Waals surface area contributed by atoms with Gasteiger partial charge in [0.05, 0.1) is 18.2 Å². The Morgan fingerprint density at radius 3 is 2.91 bits per heavy atom. The van der Waals surface area contributed by atoms with E-state index in [-0.39, 0.29) is 11.7 Å². The van der Waals surface area contributed by atoms with E-state index in [1.807, 2.05) is 13.8 Å². The molecule has 2 aromatic heterocycles. The quantitative estimate of drug-likeness (QED) is 0.775. The average Bonchev–Trinajstić information content (AvgIpc) is 3.13. The Kier molecular flexibility index (Phi) is 3.48. The number of furan rings is 1. The topological polar surface area (TPSA) is 58.0 Å². The Morgan fingerprint density at radius 1 is 1.36 bits per heavy atom. The van der Waals surface area contributed by atoms with Crippen molar-refractivity contribution >= 4 is 16.8 Å². The van der Waals surface area contributed by atoms with E-state index in [9.17, 15) is 9.18 Å². The fourth-order valence-corrected chi connectivity index (χ4v) is 2.53. The summed E-state index contributed by atoms with van der Waals surface area (Å²) in [7, 11) is 0. The number of amides is 1. The van der Waals surface area contributed by atoms with E-state index in [4.69, 9.17) is 4.42 Å². The van der Waals surface area contributed by atoms with Crippen molar-refractivity contribution in [3.05, 3.63) is 59.9 Å². The van der Waals surface area contributed by atoms with Gasteiger partial charge in [0, 0.05) is 17.1 Å². The summed E-state index contributed by atoms with van der Waals surface area (Å²) in [6, 6.07) is 8.09. The molecule has 1 aromatic carbocycles. The molecule has 4 nitrogen and oxygen atoms in total. The van der Waals surface area contributed by atoms with Gasteiger partial charge in [-0.15, -0.1) is 0 Å².